The molecule has 0 unspecified atom stereocenters. The zero-order valence-electron chi connectivity index (χ0n) is 13.7. The van der Waals surface area contributed by atoms with Gasteiger partial charge in [-0.1, -0.05) is 35.2 Å². The largest absolute Gasteiger partial charge is 0.337 e. The molecule has 0 N–H and O–H groups in total. The van der Waals surface area contributed by atoms with E-state index < -0.39 is 0 Å². The number of aromatic nitrogens is 3. The van der Waals surface area contributed by atoms with Crippen LogP contribution in [0.15, 0.2) is 29.4 Å². The molecule has 122 valence electrons. The summed E-state index contributed by atoms with van der Waals surface area (Å²) in [6.07, 6.45) is 0. The Kier molecular flexibility index (Phi) is 4.59. The summed E-state index contributed by atoms with van der Waals surface area (Å²) in [5.41, 5.74) is 1.09. The van der Waals surface area contributed by atoms with Crippen molar-refractivity contribution < 1.29 is 4.79 Å². The third-order valence-electron chi connectivity index (χ3n) is 3.64. The molecule has 3 aromatic rings. The molecule has 5 nitrogen and oxygen atoms in total. The number of amides is 1. The number of nitrogens with zero attached hydrogens (tertiary/aromatic N) is 4. The number of hydrogen-bond donors (Lipinski definition) is 0. The molecule has 7 heteroatoms. The number of carbonyl (C=O) groups is 1. The average Bonchev–Trinajstić information content (AvgIpc) is 3.03. The summed E-state index contributed by atoms with van der Waals surface area (Å²) in [4.78, 5) is 15.3. The smallest absolute Gasteiger partial charge is 0.233 e. The van der Waals surface area contributed by atoms with Gasteiger partial charge in [0.05, 0.1) is 16.0 Å². The first-order valence-corrected chi connectivity index (χ1v) is 9.46. The average molecular weight is 348 g/mol. The SMILES string of the molecule is CC(C)N(C(=O)CSc1nnc2sc3ccccc3n12)C(C)C. The van der Waals surface area contributed by atoms with Crippen LogP contribution in [0, 0.1) is 0 Å². The summed E-state index contributed by atoms with van der Waals surface area (Å²) in [6.45, 7) is 8.18. The molecule has 2 aromatic heterocycles. The van der Waals surface area contributed by atoms with E-state index in [-0.39, 0.29) is 18.0 Å². The summed E-state index contributed by atoms with van der Waals surface area (Å²) >= 11 is 3.07. The molecule has 1 aromatic carbocycles. The lowest BCUT2D eigenvalue weighted by Gasteiger charge is -2.30. The second-order valence-electron chi connectivity index (χ2n) is 5.95. The Hall–Kier alpha value is -1.60. The number of carbonyl (C=O) groups excluding carboxylic acids is 1. The van der Waals surface area contributed by atoms with Crippen LogP contribution < -0.4 is 0 Å². The molecule has 0 fully saturated rings. The molecule has 0 atom stereocenters. The van der Waals surface area contributed by atoms with Gasteiger partial charge >= 0.3 is 0 Å². The molecule has 0 aliphatic heterocycles. The van der Waals surface area contributed by atoms with E-state index in [9.17, 15) is 4.79 Å². The highest BCUT2D eigenvalue weighted by atomic mass is 32.2. The van der Waals surface area contributed by atoms with E-state index in [1.165, 1.54) is 16.5 Å². The topological polar surface area (TPSA) is 50.5 Å². The van der Waals surface area contributed by atoms with E-state index in [0.717, 1.165) is 15.6 Å². The van der Waals surface area contributed by atoms with Crippen LogP contribution in [0.3, 0.4) is 0 Å². The van der Waals surface area contributed by atoms with Gasteiger partial charge in [-0.05, 0) is 39.8 Å². The van der Waals surface area contributed by atoms with E-state index in [1.54, 1.807) is 11.3 Å². The number of thioether (sulfide) groups is 1. The number of rotatable bonds is 5. The van der Waals surface area contributed by atoms with Gasteiger partial charge in [-0.3, -0.25) is 9.20 Å². The van der Waals surface area contributed by atoms with Crippen molar-refractivity contribution in [3.8, 4) is 0 Å². The van der Waals surface area contributed by atoms with Crippen LogP contribution in [-0.4, -0.2) is 43.2 Å². The summed E-state index contributed by atoms with van der Waals surface area (Å²) in [6, 6.07) is 8.56. The minimum Gasteiger partial charge on any atom is -0.337 e. The fourth-order valence-electron chi connectivity index (χ4n) is 2.82. The van der Waals surface area contributed by atoms with Crippen LogP contribution >= 0.6 is 23.1 Å². The highest BCUT2D eigenvalue weighted by molar-refractivity contribution is 7.99. The Morgan fingerprint density at radius 1 is 1.22 bits per heavy atom. The molecule has 23 heavy (non-hydrogen) atoms. The standard InChI is InChI=1S/C16H20N4OS2/c1-10(2)19(11(3)4)14(21)9-22-15-17-18-16-20(15)12-7-5-6-8-13(12)23-16/h5-8,10-11H,9H2,1-4H3. The number of fused-ring (bicyclic) bond motifs is 3. The zero-order valence-corrected chi connectivity index (χ0v) is 15.3. The lowest BCUT2D eigenvalue weighted by atomic mass is 10.2. The molecular weight excluding hydrogens is 328 g/mol. The highest BCUT2D eigenvalue weighted by Crippen LogP contribution is 2.29. The fourth-order valence-corrected chi connectivity index (χ4v) is 4.66. The predicted octanol–water partition coefficient (Wildman–Crippen LogP) is 3.68. The van der Waals surface area contributed by atoms with Crippen molar-refractivity contribution in [1.82, 2.24) is 19.5 Å². The van der Waals surface area contributed by atoms with E-state index in [4.69, 9.17) is 0 Å². The minimum atomic E-state index is 0.135. The lowest BCUT2D eigenvalue weighted by molar-refractivity contribution is -0.131. The molecule has 0 spiro atoms. The second kappa shape index (κ2) is 6.49. The molecule has 0 radical (unpaired) electrons. The van der Waals surface area contributed by atoms with Crippen LogP contribution in [0.1, 0.15) is 27.7 Å². The number of thiazole rings is 1. The first kappa shape index (κ1) is 16.3. The van der Waals surface area contributed by atoms with Crippen LogP contribution in [0.25, 0.3) is 15.2 Å². The first-order valence-electron chi connectivity index (χ1n) is 7.65. The third kappa shape index (κ3) is 3.07. The molecular formula is C16H20N4OS2. The maximum atomic E-state index is 12.5. The highest BCUT2D eigenvalue weighted by Gasteiger charge is 2.21. The summed E-state index contributed by atoms with van der Waals surface area (Å²) in [5.74, 6) is 0.512. The number of hydrogen-bond acceptors (Lipinski definition) is 5. The molecule has 0 saturated carbocycles. The maximum Gasteiger partial charge on any atom is 0.233 e. The molecule has 0 bridgehead atoms. The van der Waals surface area contributed by atoms with Crippen molar-refractivity contribution in [2.24, 2.45) is 0 Å². The monoisotopic (exact) mass is 348 g/mol. The Labute approximate surface area is 143 Å². The van der Waals surface area contributed by atoms with Gasteiger partial charge in [0, 0.05) is 12.1 Å². The minimum absolute atomic E-state index is 0.135. The molecule has 0 saturated heterocycles. The van der Waals surface area contributed by atoms with E-state index in [2.05, 4.69) is 22.3 Å². The predicted molar refractivity (Wildman–Crippen MR) is 96.2 cm³/mol. The van der Waals surface area contributed by atoms with Gasteiger partial charge in [0.25, 0.3) is 0 Å². The summed E-state index contributed by atoms with van der Waals surface area (Å²) in [5, 5.41) is 9.25. The quantitative estimate of drug-likeness (QED) is 0.660. The van der Waals surface area contributed by atoms with Crippen molar-refractivity contribution >= 4 is 44.2 Å². The Balaban J connectivity index is 1.83. The third-order valence-corrected chi connectivity index (χ3v) is 5.56. The normalized spacial score (nSPS) is 11.9. The first-order chi connectivity index (χ1) is 11.0. The fraction of sp³-hybridized carbons (Fsp3) is 0.438. The Bertz CT molecular complexity index is 829. The van der Waals surface area contributed by atoms with Gasteiger partial charge in [0.1, 0.15) is 0 Å². The van der Waals surface area contributed by atoms with E-state index >= 15 is 0 Å². The van der Waals surface area contributed by atoms with E-state index in [0.29, 0.717) is 5.75 Å². The second-order valence-corrected chi connectivity index (χ2v) is 7.90. The van der Waals surface area contributed by atoms with Crippen LogP contribution in [0.5, 0.6) is 0 Å². The van der Waals surface area contributed by atoms with Gasteiger partial charge in [0.15, 0.2) is 5.16 Å². The maximum absolute atomic E-state index is 12.5. The van der Waals surface area contributed by atoms with Crippen LogP contribution in [-0.2, 0) is 4.79 Å². The van der Waals surface area contributed by atoms with Gasteiger partial charge in [0.2, 0.25) is 10.9 Å². The molecule has 1 amide bonds. The lowest BCUT2D eigenvalue weighted by Crippen LogP contribution is -2.43. The van der Waals surface area contributed by atoms with Gasteiger partial charge in [-0.2, -0.15) is 0 Å². The Morgan fingerprint density at radius 2 is 1.91 bits per heavy atom. The van der Waals surface area contributed by atoms with Crippen molar-refractivity contribution in [1.29, 1.82) is 0 Å². The molecule has 0 aliphatic carbocycles. The molecule has 0 aliphatic rings. The number of benzene rings is 1. The van der Waals surface area contributed by atoms with E-state index in [1.807, 2.05) is 49.1 Å². The van der Waals surface area contributed by atoms with Crippen LogP contribution in [0.2, 0.25) is 0 Å². The molecule has 3 rings (SSSR count). The zero-order chi connectivity index (χ0) is 16.6. The van der Waals surface area contributed by atoms with Crippen LogP contribution in [0.4, 0.5) is 0 Å². The van der Waals surface area contributed by atoms with Gasteiger partial charge < -0.3 is 4.90 Å². The van der Waals surface area contributed by atoms with Crippen molar-refractivity contribution in [2.45, 2.75) is 44.9 Å². The Morgan fingerprint density at radius 3 is 2.61 bits per heavy atom. The summed E-state index contributed by atoms with van der Waals surface area (Å²) in [7, 11) is 0. The number of para-hydroxylation sites is 1. The van der Waals surface area contributed by atoms with Crippen molar-refractivity contribution in [2.75, 3.05) is 5.75 Å². The van der Waals surface area contributed by atoms with Gasteiger partial charge in [-0.15, -0.1) is 10.2 Å². The summed E-state index contributed by atoms with van der Waals surface area (Å²) < 4.78 is 3.21. The van der Waals surface area contributed by atoms with Crippen molar-refractivity contribution in [3.05, 3.63) is 24.3 Å². The van der Waals surface area contributed by atoms with Crippen molar-refractivity contribution in [3.63, 3.8) is 0 Å². The van der Waals surface area contributed by atoms with Gasteiger partial charge in [-0.25, -0.2) is 0 Å². The molecule has 2 heterocycles.